The number of H-pyrrole nitrogens is 1. The Morgan fingerprint density at radius 1 is 1.17 bits per heavy atom. The minimum absolute atomic E-state index is 0.136. The maximum Gasteiger partial charge on any atom is 0.251 e. The molecule has 3 rings (SSSR count). The van der Waals surface area contributed by atoms with Crippen molar-refractivity contribution in [1.82, 2.24) is 9.97 Å². The lowest BCUT2D eigenvalue weighted by Crippen LogP contribution is -2.25. The van der Waals surface area contributed by atoms with Crippen molar-refractivity contribution in [3.8, 4) is 5.75 Å². The molecule has 1 heterocycles. The van der Waals surface area contributed by atoms with Gasteiger partial charge in [-0.2, -0.15) is 0 Å². The van der Waals surface area contributed by atoms with Gasteiger partial charge < -0.3 is 15.4 Å². The van der Waals surface area contributed by atoms with E-state index in [0.29, 0.717) is 28.7 Å². The first kappa shape index (κ1) is 21.0. The number of aromatic amines is 1. The number of aromatic hydroxyl groups is 1. The first-order valence-corrected chi connectivity index (χ1v) is 10.9. The summed E-state index contributed by atoms with van der Waals surface area (Å²) in [6.45, 7) is 1.90. The molecule has 0 fully saturated rings. The topological polar surface area (TPSA) is 95.1 Å². The van der Waals surface area contributed by atoms with Gasteiger partial charge in [0.15, 0.2) is 5.16 Å². The highest BCUT2D eigenvalue weighted by molar-refractivity contribution is 8.00. The highest BCUT2D eigenvalue weighted by Gasteiger charge is 2.20. The molecule has 0 bridgehead atoms. The lowest BCUT2D eigenvalue weighted by atomic mass is 10.2. The van der Waals surface area contributed by atoms with Crippen LogP contribution in [-0.4, -0.2) is 26.2 Å². The second kappa shape index (κ2) is 10.2. The summed E-state index contributed by atoms with van der Waals surface area (Å²) < 4.78 is 0. The molecule has 1 atom stereocenters. The average Bonchev–Trinajstić information content (AvgIpc) is 2.72. The Kier molecular flexibility index (Phi) is 7.37. The van der Waals surface area contributed by atoms with Crippen LogP contribution in [0.25, 0.3) is 0 Å². The highest BCUT2D eigenvalue weighted by Crippen LogP contribution is 2.25. The molecular formula is C21H21N3O3S2. The fourth-order valence-electron chi connectivity index (χ4n) is 2.51. The average molecular weight is 428 g/mol. The molecule has 0 aliphatic heterocycles. The zero-order valence-corrected chi connectivity index (χ0v) is 17.4. The van der Waals surface area contributed by atoms with E-state index in [1.807, 2.05) is 37.3 Å². The van der Waals surface area contributed by atoms with Gasteiger partial charge in [-0.05, 0) is 42.8 Å². The van der Waals surface area contributed by atoms with Crippen LogP contribution < -0.4 is 10.9 Å². The third-order valence-electron chi connectivity index (χ3n) is 3.95. The number of phenols is 1. The molecule has 3 N–H and O–H groups in total. The Morgan fingerprint density at radius 2 is 1.90 bits per heavy atom. The number of nitrogens with zero attached hydrogens (tertiary/aromatic N) is 1. The normalized spacial score (nSPS) is 11.8. The molecule has 0 spiro atoms. The van der Waals surface area contributed by atoms with Gasteiger partial charge in [0.25, 0.3) is 5.56 Å². The molecule has 0 radical (unpaired) electrons. The molecule has 0 saturated carbocycles. The third kappa shape index (κ3) is 6.40. The van der Waals surface area contributed by atoms with Crippen molar-refractivity contribution in [3.05, 3.63) is 76.7 Å². The maximum atomic E-state index is 12.6. The van der Waals surface area contributed by atoms with Gasteiger partial charge in [0.2, 0.25) is 5.91 Å². The van der Waals surface area contributed by atoms with Crippen molar-refractivity contribution in [2.45, 2.75) is 34.4 Å². The van der Waals surface area contributed by atoms with Gasteiger partial charge in [-0.15, -0.1) is 11.8 Å². The Balaban J connectivity index is 1.66. The van der Waals surface area contributed by atoms with Crippen LogP contribution in [0.1, 0.15) is 19.0 Å². The lowest BCUT2D eigenvalue weighted by molar-refractivity contribution is -0.115. The van der Waals surface area contributed by atoms with Crippen molar-refractivity contribution < 1.29 is 9.90 Å². The summed E-state index contributed by atoms with van der Waals surface area (Å²) in [4.78, 5) is 33.0. The van der Waals surface area contributed by atoms with Crippen LogP contribution in [0.2, 0.25) is 0 Å². The van der Waals surface area contributed by atoms with Gasteiger partial charge in [-0.3, -0.25) is 9.59 Å². The summed E-state index contributed by atoms with van der Waals surface area (Å²) in [6, 6.07) is 17.7. The van der Waals surface area contributed by atoms with Crippen LogP contribution in [0.5, 0.6) is 5.75 Å². The standard InChI is InChI=1S/C21H21N3O3S2/c1-2-18(20(27)22-14-8-10-16(25)11-9-14)29-21-23-15(12-19(26)24-21)13-28-17-6-4-3-5-7-17/h3-12,18,25H,2,13H2,1H3,(H,22,27)(H,23,24,26). The zero-order valence-electron chi connectivity index (χ0n) is 15.8. The van der Waals surface area contributed by atoms with E-state index in [1.54, 1.807) is 23.9 Å². The molecule has 1 unspecified atom stereocenters. The molecule has 150 valence electrons. The maximum absolute atomic E-state index is 12.6. The predicted molar refractivity (Wildman–Crippen MR) is 118 cm³/mol. The van der Waals surface area contributed by atoms with Gasteiger partial charge in [0.1, 0.15) is 5.75 Å². The van der Waals surface area contributed by atoms with Gasteiger partial charge in [0, 0.05) is 22.4 Å². The van der Waals surface area contributed by atoms with E-state index in [9.17, 15) is 14.7 Å². The first-order valence-electron chi connectivity index (χ1n) is 9.08. The van der Waals surface area contributed by atoms with Crippen molar-refractivity contribution in [3.63, 3.8) is 0 Å². The molecule has 2 aromatic carbocycles. The number of anilines is 1. The molecular weight excluding hydrogens is 406 g/mol. The molecule has 8 heteroatoms. The van der Waals surface area contributed by atoms with Crippen LogP contribution in [0.3, 0.4) is 0 Å². The number of carbonyl (C=O) groups excluding carboxylic acids is 1. The number of rotatable bonds is 8. The van der Waals surface area contributed by atoms with Crippen LogP contribution in [-0.2, 0) is 10.5 Å². The molecule has 0 aliphatic carbocycles. The van der Waals surface area contributed by atoms with Gasteiger partial charge in [0.05, 0.1) is 10.9 Å². The van der Waals surface area contributed by atoms with E-state index < -0.39 is 5.25 Å². The number of nitrogens with one attached hydrogen (secondary N) is 2. The zero-order chi connectivity index (χ0) is 20.6. The number of thioether (sulfide) groups is 2. The quantitative estimate of drug-likeness (QED) is 0.282. The Morgan fingerprint density at radius 3 is 2.59 bits per heavy atom. The van der Waals surface area contributed by atoms with Crippen molar-refractivity contribution in [2.24, 2.45) is 0 Å². The summed E-state index contributed by atoms with van der Waals surface area (Å²) in [7, 11) is 0. The lowest BCUT2D eigenvalue weighted by Gasteiger charge is -2.14. The van der Waals surface area contributed by atoms with Crippen LogP contribution in [0.4, 0.5) is 5.69 Å². The van der Waals surface area contributed by atoms with Gasteiger partial charge in [-0.1, -0.05) is 36.9 Å². The predicted octanol–water partition coefficient (Wildman–Crippen LogP) is 4.28. The summed E-state index contributed by atoms with van der Waals surface area (Å²) in [6.07, 6.45) is 0.571. The minimum Gasteiger partial charge on any atom is -0.508 e. The van der Waals surface area contributed by atoms with Crippen LogP contribution in [0, 0.1) is 0 Å². The van der Waals surface area contributed by atoms with Crippen LogP contribution >= 0.6 is 23.5 Å². The summed E-state index contributed by atoms with van der Waals surface area (Å²) >= 11 is 2.83. The number of hydrogen-bond donors (Lipinski definition) is 3. The van der Waals surface area contributed by atoms with E-state index in [-0.39, 0.29) is 17.2 Å². The summed E-state index contributed by atoms with van der Waals surface area (Å²) in [5.41, 5.74) is 1.03. The molecule has 29 heavy (non-hydrogen) atoms. The van der Waals surface area contributed by atoms with E-state index >= 15 is 0 Å². The summed E-state index contributed by atoms with van der Waals surface area (Å²) in [5.74, 6) is 0.518. The second-order valence-electron chi connectivity index (χ2n) is 6.19. The van der Waals surface area contributed by atoms with E-state index in [0.717, 1.165) is 4.90 Å². The Hall–Kier alpha value is -2.71. The van der Waals surface area contributed by atoms with Gasteiger partial charge in [-0.25, -0.2) is 4.98 Å². The Labute approximate surface area is 177 Å². The van der Waals surface area contributed by atoms with Gasteiger partial charge >= 0.3 is 0 Å². The van der Waals surface area contributed by atoms with E-state index in [1.165, 1.54) is 30.0 Å². The number of hydrogen-bond acceptors (Lipinski definition) is 6. The molecule has 3 aromatic rings. The molecule has 6 nitrogen and oxygen atoms in total. The number of phenolic OH excluding ortho intramolecular Hbond substituents is 1. The SMILES string of the molecule is CCC(Sc1nc(CSc2ccccc2)cc(=O)[nH]1)C(=O)Nc1ccc(O)cc1. The third-order valence-corrected chi connectivity index (χ3v) is 6.25. The Bertz CT molecular complexity index is 1010. The first-order chi connectivity index (χ1) is 14.0. The fourth-order valence-corrected chi connectivity index (χ4v) is 4.26. The van der Waals surface area contributed by atoms with E-state index in [4.69, 9.17) is 0 Å². The van der Waals surface area contributed by atoms with Crippen LogP contribution in [0.15, 0.2) is 75.5 Å². The van der Waals surface area contributed by atoms with Crippen molar-refractivity contribution in [1.29, 1.82) is 0 Å². The van der Waals surface area contributed by atoms with Crippen molar-refractivity contribution >= 4 is 35.1 Å². The molecule has 1 amide bonds. The van der Waals surface area contributed by atoms with E-state index in [2.05, 4.69) is 15.3 Å². The molecule has 0 aliphatic rings. The number of carbonyl (C=O) groups is 1. The smallest absolute Gasteiger partial charge is 0.251 e. The summed E-state index contributed by atoms with van der Waals surface area (Å²) in [5, 5.41) is 12.2. The molecule has 1 aromatic heterocycles. The largest absolute Gasteiger partial charge is 0.508 e. The minimum atomic E-state index is -0.413. The highest BCUT2D eigenvalue weighted by atomic mass is 32.2. The fraction of sp³-hybridized carbons (Fsp3) is 0.190. The number of aromatic nitrogens is 2. The number of benzene rings is 2. The number of amides is 1. The monoisotopic (exact) mass is 427 g/mol. The second-order valence-corrected chi connectivity index (χ2v) is 8.43. The molecule has 0 saturated heterocycles. The van der Waals surface area contributed by atoms with Crippen molar-refractivity contribution in [2.75, 3.05) is 5.32 Å².